The molecular weight excluding hydrogens is 320 g/mol. The van der Waals surface area contributed by atoms with Crippen molar-refractivity contribution in [3.8, 4) is 0 Å². The maximum atomic E-state index is 12.1. The van der Waals surface area contributed by atoms with Crippen molar-refractivity contribution in [2.24, 2.45) is 0 Å². The van der Waals surface area contributed by atoms with E-state index >= 15 is 0 Å². The fraction of sp³-hybridized carbons (Fsp3) is 0.111. The van der Waals surface area contributed by atoms with Gasteiger partial charge in [0, 0.05) is 24.3 Å². The molecule has 7 heteroatoms. The molecule has 0 aliphatic carbocycles. The highest BCUT2D eigenvalue weighted by Gasteiger charge is 2.13. The van der Waals surface area contributed by atoms with Crippen LogP contribution < -0.4 is 5.32 Å². The second-order valence-corrected chi connectivity index (χ2v) is 5.46. The summed E-state index contributed by atoms with van der Waals surface area (Å²) in [6.45, 7) is -0.159. The second-order valence-electron chi connectivity index (χ2n) is 5.46. The van der Waals surface area contributed by atoms with Gasteiger partial charge in [0.25, 0.3) is 0 Å². The molecule has 126 valence electrons. The normalized spacial score (nSPS) is 10.4. The molecule has 0 saturated heterocycles. The number of aromatic nitrogens is 3. The van der Waals surface area contributed by atoms with Gasteiger partial charge in [0.05, 0.1) is 0 Å². The van der Waals surface area contributed by atoms with Crippen LogP contribution in [0, 0.1) is 0 Å². The molecule has 7 nitrogen and oxygen atoms in total. The number of rotatable bonds is 6. The van der Waals surface area contributed by atoms with Crippen LogP contribution in [0.1, 0.15) is 21.6 Å². The molecular formula is C18H16N4O3. The van der Waals surface area contributed by atoms with E-state index in [1.54, 1.807) is 12.4 Å². The van der Waals surface area contributed by atoms with Crippen LogP contribution in [-0.4, -0.2) is 31.7 Å². The molecule has 0 atom stereocenters. The van der Waals surface area contributed by atoms with Crippen molar-refractivity contribution in [3.05, 3.63) is 77.9 Å². The van der Waals surface area contributed by atoms with Gasteiger partial charge in [-0.15, -0.1) is 0 Å². The summed E-state index contributed by atoms with van der Waals surface area (Å²) in [7, 11) is 0. The molecule has 25 heavy (non-hydrogen) atoms. The number of carboxylic acids is 1. The van der Waals surface area contributed by atoms with Gasteiger partial charge < -0.3 is 10.4 Å². The predicted molar refractivity (Wildman–Crippen MR) is 91.3 cm³/mol. The van der Waals surface area contributed by atoms with Gasteiger partial charge in [-0.05, 0) is 47.9 Å². The molecule has 1 amide bonds. The van der Waals surface area contributed by atoms with Crippen LogP contribution in [0.3, 0.4) is 0 Å². The quantitative estimate of drug-likeness (QED) is 0.719. The molecule has 0 spiro atoms. The van der Waals surface area contributed by atoms with Gasteiger partial charge in [-0.2, -0.15) is 5.10 Å². The topological polar surface area (TPSA) is 97.1 Å². The van der Waals surface area contributed by atoms with Gasteiger partial charge in [0.15, 0.2) is 0 Å². The SMILES string of the molecule is O=C(Cn1nccc1C(=O)O)Nc1ccc(Cc2ccncc2)cc1. The van der Waals surface area contributed by atoms with Gasteiger partial charge in [0.2, 0.25) is 5.91 Å². The zero-order valence-corrected chi connectivity index (χ0v) is 13.3. The van der Waals surface area contributed by atoms with Crippen molar-refractivity contribution in [2.45, 2.75) is 13.0 Å². The minimum Gasteiger partial charge on any atom is -0.477 e. The summed E-state index contributed by atoms with van der Waals surface area (Å²) in [5, 5.41) is 15.6. The lowest BCUT2D eigenvalue weighted by Crippen LogP contribution is -2.22. The summed E-state index contributed by atoms with van der Waals surface area (Å²) < 4.78 is 1.15. The first-order valence-corrected chi connectivity index (χ1v) is 7.64. The van der Waals surface area contributed by atoms with Crippen LogP contribution >= 0.6 is 0 Å². The fourth-order valence-corrected chi connectivity index (χ4v) is 2.42. The van der Waals surface area contributed by atoms with Crippen molar-refractivity contribution in [1.82, 2.24) is 14.8 Å². The lowest BCUT2D eigenvalue weighted by molar-refractivity contribution is -0.116. The molecule has 3 aromatic rings. The van der Waals surface area contributed by atoms with Gasteiger partial charge in [0.1, 0.15) is 12.2 Å². The number of aromatic carboxylic acids is 1. The monoisotopic (exact) mass is 336 g/mol. The maximum absolute atomic E-state index is 12.1. The minimum atomic E-state index is -1.12. The summed E-state index contributed by atoms with van der Waals surface area (Å²) in [6, 6.07) is 12.8. The van der Waals surface area contributed by atoms with Crippen molar-refractivity contribution in [3.63, 3.8) is 0 Å². The molecule has 0 aliphatic heterocycles. The third-order valence-corrected chi connectivity index (χ3v) is 3.62. The minimum absolute atomic E-state index is 0.0251. The number of carbonyl (C=O) groups excluding carboxylic acids is 1. The van der Waals surface area contributed by atoms with Crippen LogP contribution in [0.25, 0.3) is 0 Å². The van der Waals surface area contributed by atoms with Gasteiger partial charge in [-0.1, -0.05) is 12.1 Å². The number of carbonyl (C=O) groups is 2. The standard InChI is InChI=1S/C18H16N4O3/c23-17(12-22-16(18(24)25)7-10-20-22)21-15-3-1-13(2-4-15)11-14-5-8-19-9-6-14/h1-10H,11-12H2,(H,21,23)(H,24,25). The highest BCUT2D eigenvalue weighted by Crippen LogP contribution is 2.13. The highest BCUT2D eigenvalue weighted by atomic mass is 16.4. The Bertz CT molecular complexity index is 873. The van der Waals surface area contributed by atoms with Crippen molar-refractivity contribution in [2.75, 3.05) is 5.32 Å². The molecule has 0 fully saturated rings. The summed E-state index contributed by atoms with van der Waals surface area (Å²) in [6.07, 6.45) is 5.64. The number of nitrogens with one attached hydrogen (secondary N) is 1. The summed E-state index contributed by atoms with van der Waals surface area (Å²) >= 11 is 0. The Hall–Kier alpha value is -3.48. The van der Waals surface area contributed by atoms with Crippen LogP contribution in [-0.2, 0) is 17.8 Å². The van der Waals surface area contributed by atoms with Gasteiger partial charge in [-0.25, -0.2) is 9.48 Å². The van der Waals surface area contributed by atoms with E-state index in [0.29, 0.717) is 5.69 Å². The smallest absolute Gasteiger partial charge is 0.354 e. The van der Waals surface area contributed by atoms with E-state index in [-0.39, 0.29) is 18.1 Å². The van der Waals surface area contributed by atoms with E-state index in [9.17, 15) is 9.59 Å². The van der Waals surface area contributed by atoms with E-state index in [1.165, 1.54) is 12.3 Å². The number of hydrogen-bond donors (Lipinski definition) is 2. The number of pyridine rings is 1. The Morgan fingerprint density at radius 1 is 0.960 bits per heavy atom. The Kier molecular flexibility index (Phi) is 4.84. The van der Waals surface area contributed by atoms with E-state index in [2.05, 4.69) is 15.4 Å². The predicted octanol–water partition coefficient (Wildman–Crippen LogP) is 2.21. The summed E-state index contributed by atoms with van der Waals surface area (Å²) in [5.74, 6) is -1.46. The molecule has 3 rings (SSSR count). The molecule has 0 saturated carbocycles. The summed E-state index contributed by atoms with van der Waals surface area (Å²) in [4.78, 5) is 27.1. The average Bonchev–Trinajstić information content (AvgIpc) is 3.06. The highest BCUT2D eigenvalue weighted by molar-refractivity contribution is 5.91. The molecule has 1 aromatic carbocycles. The Balaban J connectivity index is 1.60. The van der Waals surface area contributed by atoms with Crippen LogP contribution in [0.5, 0.6) is 0 Å². The van der Waals surface area contributed by atoms with Gasteiger partial charge >= 0.3 is 5.97 Å². The van der Waals surface area contributed by atoms with E-state index in [1.807, 2.05) is 36.4 Å². The van der Waals surface area contributed by atoms with Crippen molar-refractivity contribution < 1.29 is 14.7 Å². The second kappa shape index (κ2) is 7.39. The van der Waals surface area contributed by atoms with Gasteiger partial charge in [-0.3, -0.25) is 9.78 Å². The maximum Gasteiger partial charge on any atom is 0.354 e. The fourth-order valence-electron chi connectivity index (χ4n) is 2.42. The van der Waals surface area contributed by atoms with Crippen LogP contribution in [0.15, 0.2) is 61.1 Å². The molecule has 0 aliphatic rings. The van der Waals surface area contributed by atoms with E-state index < -0.39 is 5.97 Å². The van der Waals surface area contributed by atoms with Crippen LogP contribution in [0.2, 0.25) is 0 Å². The average molecular weight is 336 g/mol. The Morgan fingerprint density at radius 3 is 2.32 bits per heavy atom. The molecule has 2 N–H and O–H groups in total. The zero-order chi connectivity index (χ0) is 17.6. The summed E-state index contributed by atoms with van der Waals surface area (Å²) in [5.41, 5.74) is 2.89. The van der Waals surface area contributed by atoms with E-state index in [0.717, 1.165) is 22.2 Å². The molecule has 2 heterocycles. The third-order valence-electron chi connectivity index (χ3n) is 3.62. The number of anilines is 1. The molecule has 0 unspecified atom stereocenters. The van der Waals surface area contributed by atoms with Crippen molar-refractivity contribution in [1.29, 1.82) is 0 Å². The largest absolute Gasteiger partial charge is 0.477 e. The lowest BCUT2D eigenvalue weighted by Gasteiger charge is -2.08. The number of hydrogen-bond acceptors (Lipinski definition) is 4. The number of carboxylic acid groups (broad SMARTS) is 1. The molecule has 0 bridgehead atoms. The van der Waals surface area contributed by atoms with Crippen LogP contribution in [0.4, 0.5) is 5.69 Å². The third kappa shape index (κ3) is 4.29. The number of benzene rings is 1. The molecule has 0 radical (unpaired) electrons. The zero-order valence-electron chi connectivity index (χ0n) is 13.3. The lowest BCUT2D eigenvalue weighted by atomic mass is 10.1. The molecule has 2 aromatic heterocycles. The number of nitrogens with zero attached hydrogens (tertiary/aromatic N) is 3. The van der Waals surface area contributed by atoms with Crippen molar-refractivity contribution >= 4 is 17.6 Å². The first-order valence-electron chi connectivity index (χ1n) is 7.64. The first kappa shape index (κ1) is 16.4. The van der Waals surface area contributed by atoms with E-state index in [4.69, 9.17) is 5.11 Å². The Morgan fingerprint density at radius 2 is 1.64 bits per heavy atom. The first-order chi connectivity index (χ1) is 12.1. The number of amides is 1. The Labute approximate surface area is 143 Å².